The summed E-state index contributed by atoms with van der Waals surface area (Å²) in [6.07, 6.45) is 0. The van der Waals surface area contributed by atoms with Crippen LogP contribution in [0.5, 0.6) is 0 Å². The number of rotatable bonds is 12. The Kier molecular flexibility index (Phi) is 83.7. The van der Waals surface area contributed by atoms with Gasteiger partial charge in [0.2, 0.25) is 0 Å². The van der Waals surface area contributed by atoms with E-state index in [4.69, 9.17) is 77.6 Å². The van der Waals surface area contributed by atoms with E-state index in [-0.39, 0.29) is 380 Å². The molecule has 0 radical (unpaired) electrons. The van der Waals surface area contributed by atoms with Gasteiger partial charge in [-0.15, -0.1) is 5.60 Å². The van der Waals surface area contributed by atoms with E-state index in [1.807, 2.05) is 0 Å². The smallest absolute Gasteiger partial charge is 1.00 e. The van der Waals surface area contributed by atoms with Gasteiger partial charge in [0.25, 0.3) is 0 Å². The summed E-state index contributed by atoms with van der Waals surface area (Å²) >= 11 is 0. The Bertz CT molecular complexity index is 1520. The van der Waals surface area contributed by atoms with Crippen LogP contribution in [0.2, 0.25) is 0 Å². The second-order valence-corrected chi connectivity index (χ2v) is 14.3. The van der Waals surface area contributed by atoms with E-state index in [0.29, 0.717) is 69.1 Å². The van der Waals surface area contributed by atoms with E-state index in [1.165, 1.54) is 0 Å². The molecule has 0 aliphatic carbocycles. The molecule has 6 heterocycles. The molecular weight excluding hydrogens is 1100 g/mol. The minimum Gasteiger partial charge on any atom is -1.00 e. The van der Waals surface area contributed by atoms with Crippen LogP contribution in [0, 0.1) is 0 Å². The van der Waals surface area contributed by atoms with Crippen molar-refractivity contribution >= 4 is 0 Å². The van der Waals surface area contributed by atoms with E-state index < -0.39 is 11.2 Å². The molecule has 13 N–H and O–H groups in total. The predicted octanol–water partition coefficient (Wildman–Crippen LogP) is -18.0. The van der Waals surface area contributed by atoms with E-state index in [0.717, 1.165) is 0 Å². The van der Waals surface area contributed by atoms with Gasteiger partial charge < -0.3 is 110 Å². The minimum absolute atomic E-state index is 0. The number of aliphatic hydroxyl groups is 10. The fourth-order valence-electron chi connectivity index (χ4n) is 3.53. The molecule has 0 atom stereocenters. The summed E-state index contributed by atoms with van der Waals surface area (Å²) in [4.78, 5) is 0. The molecule has 0 aliphatic rings. The van der Waals surface area contributed by atoms with Crippen molar-refractivity contribution in [2.24, 2.45) is 0 Å². The van der Waals surface area contributed by atoms with E-state index >= 15 is 0 Å². The van der Waals surface area contributed by atoms with Gasteiger partial charge in [-0.05, 0) is 93.6 Å². The maximum Gasteiger partial charge on any atom is 1.00 e. The van der Waals surface area contributed by atoms with Crippen molar-refractivity contribution < 1.29 is 398 Å². The van der Waals surface area contributed by atoms with Gasteiger partial charge in [-0.2, -0.15) is 0 Å². The van der Waals surface area contributed by atoms with Gasteiger partial charge in [-0.3, -0.25) is 0 Å². The van der Waals surface area contributed by atoms with Gasteiger partial charge in [0.15, 0.2) is 0 Å². The normalized spacial score (nSPS) is 9.17. The average molecular weight is 1170 g/mol. The van der Waals surface area contributed by atoms with Crippen molar-refractivity contribution in [3.63, 3.8) is 0 Å². The Morgan fingerprint density at radius 1 is 0.361 bits per heavy atom. The van der Waals surface area contributed by atoms with Gasteiger partial charge in [0, 0.05) is 1.43 Å². The summed E-state index contributed by atoms with van der Waals surface area (Å²) in [6.45, 7) is 7.96. The number of furan rings is 6. The van der Waals surface area contributed by atoms with Crippen LogP contribution in [0.15, 0.2) is 99.3 Å². The van der Waals surface area contributed by atoms with E-state index in [9.17, 15) is 20.4 Å². The van der Waals surface area contributed by atoms with Gasteiger partial charge in [0.1, 0.15) is 111 Å². The summed E-state index contributed by atoms with van der Waals surface area (Å²) in [5, 5.41) is 125. The first-order valence-corrected chi connectivity index (χ1v) is 19.3. The Hall–Kier alpha value is 4.22. The summed E-state index contributed by atoms with van der Waals surface area (Å²) in [5.74, 6) is 5.37. The minimum atomic E-state index is -0.750. The first kappa shape index (κ1) is 98.3. The summed E-state index contributed by atoms with van der Waals surface area (Å²) < 4.78 is 29.1. The van der Waals surface area contributed by atoms with E-state index in [2.05, 4.69) is 0 Å². The van der Waals surface area contributed by atoms with E-state index in [1.54, 1.807) is 114 Å². The van der Waals surface area contributed by atoms with Crippen molar-refractivity contribution in [3.8, 4) is 0 Å². The Labute approximate surface area is 658 Å². The topological polar surface area (TPSA) is 435 Å². The monoisotopic (exact) mass is 1170 g/mol. The number of aliphatic hydroxyl groups excluding tert-OH is 9. The van der Waals surface area contributed by atoms with Gasteiger partial charge in [0.05, 0.1) is 22.9 Å². The third kappa shape index (κ3) is 58.9. The average Bonchev–Trinajstić information content (AvgIpc) is 4.14. The Morgan fingerprint density at radius 2 is 0.444 bits per heavy atom. The van der Waals surface area contributed by atoms with Crippen LogP contribution in [-0.4, -0.2) is 73.2 Å². The molecule has 0 bridgehead atoms. The Balaban J connectivity index is -0.0000000587. The zero-order valence-corrected chi connectivity index (χ0v) is 61.5. The summed E-state index contributed by atoms with van der Waals surface area (Å²) in [6, 6.07) is 19.3. The van der Waals surface area contributed by atoms with Crippen LogP contribution in [0.4, 0.5) is 0 Å². The van der Waals surface area contributed by atoms with Gasteiger partial charge in [-0.1, -0.05) is 40.6 Å². The molecule has 0 spiro atoms. The molecule has 0 aliphatic heterocycles. The molecule has 6 aromatic heterocycles. The number of hydrogen-bond donors (Lipinski definition) is 10. The van der Waals surface area contributed by atoms with Crippen LogP contribution in [0.25, 0.3) is 0 Å². The fraction of sp³-hybridized carbons (Fsp3) is 0.455. The second-order valence-electron chi connectivity index (χ2n) is 14.3. The summed E-state index contributed by atoms with van der Waals surface area (Å²) in [7, 11) is 0. The standard InChI is InChI=1S/3C6H8O3.3C6H7O3.C4H10O.C4H9O.5K.Na.2H2O.H2.H/c6*7-3-5-1-2-6(4-8)9-5;2*1-4(2,3)5;;;;;;;;;;/h3*1-2,7-8H,3-4H2;3*1-2,7H,3-4H2;5H,1-3H3;1-3H3;;;;;;;2*1H2;1H;/q;;;3*-1;;-1;6*+1;;;;-1/p-1. The van der Waals surface area contributed by atoms with Crippen LogP contribution in [0.1, 0.15) is 114 Å². The maximum absolute atomic E-state index is 10.1. The largest absolute Gasteiger partial charge is 1.00 e. The number of hydrogen-bond acceptors (Lipinski definition) is 21. The molecule has 72 heavy (non-hydrogen) atoms. The van der Waals surface area contributed by atoms with Crippen molar-refractivity contribution in [2.45, 2.75) is 132 Å². The molecule has 384 valence electrons. The van der Waals surface area contributed by atoms with Crippen molar-refractivity contribution in [1.82, 2.24) is 0 Å². The first-order chi connectivity index (χ1) is 30.2. The Morgan fingerprint density at radius 3 is 0.500 bits per heavy atom. The summed E-state index contributed by atoms with van der Waals surface area (Å²) in [5.41, 5.74) is -1.25. The first-order valence-electron chi connectivity index (χ1n) is 19.3. The molecule has 0 fully saturated rings. The van der Waals surface area contributed by atoms with Crippen molar-refractivity contribution in [3.05, 3.63) is 142 Å². The fourth-order valence-corrected chi connectivity index (χ4v) is 3.53. The molecular formula is C44H70K5NaO22. The van der Waals surface area contributed by atoms with Crippen molar-refractivity contribution in [2.75, 3.05) is 0 Å². The van der Waals surface area contributed by atoms with Crippen molar-refractivity contribution in [1.29, 1.82) is 0 Å². The molecule has 0 unspecified atom stereocenters. The predicted molar refractivity (Wildman–Crippen MR) is 227 cm³/mol. The second kappa shape index (κ2) is 61.3. The van der Waals surface area contributed by atoms with Crippen LogP contribution >= 0.6 is 0 Å². The molecule has 0 aromatic carbocycles. The SMILES string of the molecule is CC(C)(C)O.CC(C)(C)[O-].O.OCc1ccc(CO)o1.OCc1ccc(CO)o1.OCc1ccc(CO)o1.[H-].[HH].[K+].[K+].[K+].[K+].[K+].[Na+].[O-]Cc1ccc(CO)o1.[O-]Cc1ccc(CO)o1.[O-]Cc1ccc(CO)o1.[OH-]. The quantitative estimate of drug-likeness (QED) is 0.0509. The van der Waals surface area contributed by atoms with Crippen LogP contribution < -0.4 is 307 Å². The zero-order chi connectivity index (χ0) is 49.1. The maximum atomic E-state index is 10.1. The molecule has 0 amide bonds. The molecule has 0 saturated heterocycles. The molecule has 22 nitrogen and oxygen atoms in total. The van der Waals surface area contributed by atoms with Crippen LogP contribution in [-0.2, 0) is 79.3 Å². The molecule has 28 heteroatoms. The molecule has 6 aromatic rings. The van der Waals surface area contributed by atoms with Crippen LogP contribution in [0.3, 0.4) is 0 Å². The molecule has 0 saturated carbocycles. The van der Waals surface area contributed by atoms with Gasteiger partial charge in [-0.25, -0.2) is 0 Å². The molecule has 6 rings (SSSR count). The van der Waals surface area contributed by atoms with Gasteiger partial charge >= 0.3 is 286 Å². The third-order valence-electron chi connectivity index (χ3n) is 6.13. The third-order valence-corrected chi connectivity index (χ3v) is 6.13. The zero-order valence-electron chi connectivity index (χ0n) is 44.9.